The number of carbonyl (C=O) groups is 1. The molecule has 0 bridgehead atoms. The summed E-state index contributed by atoms with van der Waals surface area (Å²) in [6, 6.07) is 1.17. The summed E-state index contributed by atoms with van der Waals surface area (Å²) in [6.45, 7) is 11.5. The van der Waals surface area contributed by atoms with Gasteiger partial charge in [0.15, 0.2) is 0 Å². The summed E-state index contributed by atoms with van der Waals surface area (Å²) in [5, 5.41) is 0. The van der Waals surface area contributed by atoms with Crippen LogP contribution in [0.1, 0.15) is 53.9 Å². The van der Waals surface area contributed by atoms with E-state index in [1.54, 1.807) is 0 Å². The molecule has 1 aliphatic rings. The van der Waals surface area contributed by atoms with Gasteiger partial charge in [-0.15, -0.1) is 0 Å². The minimum Gasteiger partial charge on any atom is -0.344 e. The fourth-order valence-corrected chi connectivity index (χ4v) is 3.21. The van der Waals surface area contributed by atoms with Gasteiger partial charge in [0, 0.05) is 31.7 Å². The Morgan fingerprint density at radius 1 is 1.25 bits per heavy atom. The maximum absolute atomic E-state index is 12.5. The first kappa shape index (κ1) is 17.4. The number of amides is 1. The summed E-state index contributed by atoms with van der Waals surface area (Å²) in [4.78, 5) is 16.8. The van der Waals surface area contributed by atoms with E-state index < -0.39 is 0 Å². The van der Waals surface area contributed by atoms with E-state index in [-0.39, 0.29) is 18.0 Å². The average molecular weight is 283 g/mol. The van der Waals surface area contributed by atoms with Crippen LogP contribution >= 0.6 is 0 Å². The Balaban J connectivity index is 2.51. The molecule has 4 heteroatoms. The molecule has 4 nitrogen and oxygen atoms in total. The van der Waals surface area contributed by atoms with E-state index in [0.717, 1.165) is 13.0 Å². The van der Waals surface area contributed by atoms with Gasteiger partial charge in [0.05, 0.1) is 6.04 Å². The van der Waals surface area contributed by atoms with E-state index >= 15 is 0 Å². The van der Waals surface area contributed by atoms with Crippen LogP contribution in [0, 0.1) is 5.92 Å². The highest BCUT2D eigenvalue weighted by molar-refractivity contribution is 5.81. The quantitative estimate of drug-likeness (QED) is 0.812. The van der Waals surface area contributed by atoms with Gasteiger partial charge in [0.2, 0.25) is 5.91 Å². The average Bonchev–Trinajstić information content (AvgIpc) is 2.73. The van der Waals surface area contributed by atoms with Crippen molar-refractivity contribution in [2.45, 2.75) is 78.0 Å². The fraction of sp³-hybridized carbons (Fsp3) is 0.938. The molecule has 4 atom stereocenters. The summed E-state index contributed by atoms with van der Waals surface area (Å²) < 4.78 is 0. The third-order valence-corrected chi connectivity index (χ3v) is 4.86. The normalized spacial score (nSPS) is 26.8. The lowest BCUT2D eigenvalue weighted by molar-refractivity contribution is -0.136. The van der Waals surface area contributed by atoms with Crippen molar-refractivity contribution >= 4 is 5.91 Å². The highest BCUT2D eigenvalue weighted by Crippen LogP contribution is 2.26. The molecule has 0 aromatic heterocycles. The number of likely N-dealkylation sites (N-methyl/N-ethyl adjacent to an activating group) is 1. The Morgan fingerprint density at radius 3 is 2.20 bits per heavy atom. The molecule has 20 heavy (non-hydrogen) atoms. The summed E-state index contributed by atoms with van der Waals surface area (Å²) >= 11 is 0. The summed E-state index contributed by atoms with van der Waals surface area (Å²) in [7, 11) is 1.90. The molecule has 1 saturated heterocycles. The molecule has 118 valence electrons. The van der Waals surface area contributed by atoms with Crippen molar-refractivity contribution in [3.05, 3.63) is 0 Å². The second kappa shape index (κ2) is 7.41. The van der Waals surface area contributed by atoms with Crippen LogP contribution in [0.25, 0.3) is 0 Å². The van der Waals surface area contributed by atoms with Gasteiger partial charge in [-0.2, -0.15) is 0 Å². The lowest BCUT2D eigenvalue weighted by Gasteiger charge is -2.34. The predicted molar refractivity (Wildman–Crippen MR) is 84.5 cm³/mol. The molecule has 1 fully saturated rings. The zero-order valence-electron chi connectivity index (χ0n) is 14.1. The fourth-order valence-electron chi connectivity index (χ4n) is 3.21. The van der Waals surface area contributed by atoms with E-state index in [4.69, 9.17) is 5.73 Å². The van der Waals surface area contributed by atoms with Crippen molar-refractivity contribution in [3.63, 3.8) is 0 Å². The smallest absolute Gasteiger partial charge is 0.239 e. The summed E-state index contributed by atoms with van der Waals surface area (Å²) in [6.07, 6.45) is 3.26. The molecular weight excluding hydrogens is 250 g/mol. The van der Waals surface area contributed by atoms with Gasteiger partial charge in [-0.3, -0.25) is 9.69 Å². The number of hydrogen-bond acceptors (Lipinski definition) is 3. The van der Waals surface area contributed by atoms with E-state index in [0.29, 0.717) is 18.0 Å². The number of rotatable bonds is 6. The van der Waals surface area contributed by atoms with Gasteiger partial charge in [-0.25, -0.2) is 0 Å². The van der Waals surface area contributed by atoms with Crippen LogP contribution in [0.2, 0.25) is 0 Å². The Kier molecular flexibility index (Phi) is 6.46. The van der Waals surface area contributed by atoms with E-state index in [9.17, 15) is 4.79 Å². The topological polar surface area (TPSA) is 49.6 Å². The molecule has 1 rings (SSSR count). The van der Waals surface area contributed by atoms with Gasteiger partial charge >= 0.3 is 0 Å². The monoisotopic (exact) mass is 283 g/mol. The third kappa shape index (κ3) is 4.19. The standard InChI is InChI=1S/C16H33N3O/c1-11(2)15(17)9-10-18(6)16(20)14(5)19-12(3)7-8-13(19)4/h11-15H,7-10,17H2,1-6H3. The Morgan fingerprint density at radius 2 is 1.75 bits per heavy atom. The third-order valence-electron chi connectivity index (χ3n) is 4.86. The molecule has 0 aromatic carbocycles. The van der Waals surface area contributed by atoms with Crippen molar-refractivity contribution in [1.82, 2.24) is 9.80 Å². The molecule has 0 radical (unpaired) electrons. The highest BCUT2D eigenvalue weighted by Gasteiger charge is 2.35. The van der Waals surface area contributed by atoms with Gasteiger partial charge < -0.3 is 10.6 Å². The molecule has 0 aliphatic carbocycles. The highest BCUT2D eigenvalue weighted by atomic mass is 16.2. The van der Waals surface area contributed by atoms with Crippen LogP contribution in [0.5, 0.6) is 0 Å². The minimum atomic E-state index is -0.0252. The zero-order valence-corrected chi connectivity index (χ0v) is 14.1. The number of nitrogens with zero attached hydrogens (tertiary/aromatic N) is 2. The van der Waals surface area contributed by atoms with Crippen molar-refractivity contribution in [2.75, 3.05) is 13.6 Å². The van der Waals surface area contributed by atoms with Crippen LogP contribution in [-0.2, 0) is 4.79 Å². The first-order chi connectivity index (χ1) is 9.25. The SMILES string of the molecule is CC(C)C(N)CCN(C)C(=O)C(C)N1C(C)CCC1C. The second-order valence-corrected chi connectivity index (χ2v) is 6.85. The largest absolute Gasteiger partial charge is 0.344 e. The molecule has 0 saturated carbocycles. The van der Waals surface area contributed by atoms with Crippen molar-refractivity contribution in [2.24, 2.45) is 11.7 Å². The molecule has 2 N–H and O–H groups in total. The number of likely N-dealkylation sites (tertiary alicyclic amines) is 1. The predicted octanol–water partition coefficient (Wildman–Crippen LogP) is 2.08. The van der Waals surface area contributed by atoms with Crippen LogP contribution in [0.15, 0.2) is 0 Å². The molecule has 1 amide bonds. The lowest BCUT2D eigenvalue weighted by Crippen LogP contribution is -2.50. The van der Waals surface area contributed by atoms with E-state index in [2.05, 4.69) is 32.6 Å². The van der Waals surface area contributed by atoms with Gasteiger partial charge in [0.1, 0.15) is 0 Å². The molecule has 0 spiro atoms. The van der Waals surface area contributed by atoms with Crippen LogP contribution in [-0.4, -0.2) is 53.5 Å². The zero-order chi connectivity index (χ0) is 15.4. The van der Waals surface area contributed by atoms with Crippen molar-refractivity contribution < 1.29 is 4.79 Å². The van der Waals surface area contributed by atoms with Crippen LogP contribution < -0.4 is 5.73 Å². The molecule has 1 aliphatic heterocycles. The number of hydrogen-bond donors (Lipinski definition) is 1. The maximum Gasteiger partial charge on any atom is 0.239 e. The van der Waals surface area contributed by atoms with E-state index in [1.807, 2.05) is 18.9 Å². The van der Waals surface area contributed by atoms with Crippen LogP contribution in [0.4, 0.5) is 0 Å². The van der Waals surface area contributed by atoms with Crippen molar-refractivity contribution in [3.8, 4) is 0 Å². The summed E-state index contributed by atoms with van der Waals surface area (Å²) in [5.74, 6) is 0.691. The minimum absolute atomic E-state index is 0.0252. The van der Waals surface area contributed by atoms with E-state index in [1.165, 1.54) is 12.8 Å². The van der Waals surface area contributed by atoms with Gasteiger partial charge in [-0.1, -0.05) is 13.8 Å². The first-order valence-electron chi connectivity index (χ1n) is 8.03. The van der Waals surface area contributed by atoms with Gasteiger partial charge in [-0.05, 0) is 46.0 Å². The Labute approximate surface area is 124 Å². The molecule has 0 aromatic rings. The number of carbonyl (C=O) groups excluding carboxylic acids is 1. The molecule has 4 unspecified atom stereocenters. The lowest BCUT2D eigenvalue weighted by atomic mass is 10.0. The first-order valence-corrected chi connectivity index (χ1v) is 8.03. The molecule has 1 heterocycles. The van der Waals surface area contributed by atoms with Crippen molar-refractivity contribution in [1.29, 1.82) is 0 Å². The second-order valence-electron chi connectivity index (χ2n) is 6.85. The summed E-state index contributed by atoms with van der Waals surface area (Å²) in [5.41, 5.74) is 6.06. The Hall–Kier alpha value is -0.610. The van der Waals surface area contributed by atoms with Gasteiger partial charge in [0.25, 0.3) is 0 Å². The number of nitrogens with two attached hydrogens (primary N) is 1. The molecular formula is C16H33N3O. The van der Waals surface area contributed by atoms with Crippen LogP contribution in [0.3, 0.4) is 0 Å². The maximum atomic E-state index is 12.5. The Bertz CT molecular complexity index is 309.